The molecule has 1 unspecified atom stereocenters. The molecule has 1 atom stereocenters. The van der Waals surface area contributed by atoms with Crippen LogP contribution in [0.1, 0.15) is 6.92 Å². The first-order chi connectivity index (χ1) is 9.93. The Morgan fingerprint density at radius 3 is 2.52 bits per heavy atom. The molecule has 2 aromatic carbocycles. The smallest absolute Gasteiger partial charge is 0.425 e. The third-order valence-electron chi connectivity index (χ3n) is 2.98. The van der Waals surface area contributed by atoms with Crippen LogP contribution in [0.3, 0.4) is 0 Å². The van der Waals surface area contributed by atoms with Gasteiger partial charge in [0.1, 0.15) is 17.2 Å². The highest BCUT2D eigenvalue weighted by molar-refractivity contribution is 7.99. The minimum Gasteiger partial charge on any atom is -0.481 e. The van der Waals surface area contributed by atoms with Crippen LogP contribution in [0.25, 0.3) is 0 Å². The van der Waals surface area contributed by atoms with Crippen molar-refractivity contribution in [2.45, 2.75) is 29.0 Å². The van der Waals surface area contributed by atoms with E-state index >= 15 is 0 Å². The number of para-hydroxylation sites is 1. The van der Waals surface area contributed by atoms with E-state index in [1.807, 2.05) is 24.3 Å². The molecule has 0 bridgehead atoms. The maximum absolute atomic E-state index is 12.5. The van der Waals surface area contributed by atoms with Crippen molar-refractivity contribution in [2.24, 2.45) is 0 Å². The van der Waals surface area contributed by atoms with Crippen molar-refractivity contribution in [2.75, 3.05) is 0 Å². The summed E-state index contributed by atoms with van der Waals surface area (Å²) in [5.74, 6) is 1.33. The Labute approximate surface area is 123 Å². The van der Waals surface area contributed by atoms with E-state index in [0.29, 0.717) is 11.5 Å². The van der Waals surface area contributed by atoms with E-state index in [0.717, 1.165) is 16.7 Å². The van der Waals surface area contributed by atoms with E-state index in [9.17, 15) is 13.2 Å². The molecule has 2 aromatic rings. The van der Waals surface area contributed by atoms with Crippen molar-refractivity contribution in [3.05, 3.63) is 42.5 Å². The second-order valence-corrected chi connectivity index (χ2v) is 5.64. The number of rotatable bonds is 2. The number of fused-ring (bicyclic) bond motifs is 2. The van der Waals surface area contributed by atoms with Crippen molar-refractivity contribution in [1.82, 2.24) is 0 Å². The van der Waals surface area contributed by atoms with Crippen LogP contribution in [0.15, 0.2) is 52.3 Å². The van der Waals surface area contributed by atoms with E-state index in [2.05, 4.69) is 0 Å². The summed E-state index contributed by atoms with van der Waals surface area (Å²) < 4.78 is 48.2. The predicted octanol–water partition coefficient (Wildman–Crippen LogP) is 5.27. The normalized spacial score (nSPS) is 14.7. The molecule has 1 aliphatic rings. The third-order valence-corrected chi connectivity index (χ3v) is 4.09. The van der Waals surface area contributed by atoms with Gasteiger partial charge in [0.2, 0.25) is 0 Å². The van der Waals surface area contributed by atoms with Gasteiger partial charge in [-0.25, -0.2) is 0 Å². The number of hydrogen-bond donors (Lipinski definition) is 0. The van der Waals surface area contributed by atoms with Crippen LogP contribution in [0, 0.1) is 0 Å². The number of alkyl halides is 3. The molecule has 0 saturated carbocycles. The molecule has 0 aromatic heterocycles. The summed E-state index contributed by atoms with van der Waals surface area (Å²) in [4.78, 5) is 1.82. The van der Waals surface area contributed by atoms with E-state index in [-0.39, 0.29) is 5.75 Å². The maximum atomic E-state index is 12.5. The van der Waals surface area contributed by atoms with E-state index in [4.69, 9.17) is 9.47 Å². The van der Waals surface area contributed by atoms with Crippen LogP contribution in [0.4, 0.5) is 13.2 Å². The number of halogens is 3. The van der Waals surface area contributed by atoms with Gasteiger partial charge in [0, 0.05) is 6.07 Å². The second-order valence-electron chi connectivity index (χ2n) is 4.56. The van der Waals surface area contributed by atoms with Crippen molar-refractivity contribution < 1.29 is 22.6 Å². The summed E-state index contributed by atoms with van der Waals surface area (Å²) >= 11 is 1.51. The van der Waals surface area contributed by atoms with Crippen LogP contribution in [-0.2, 0) is 0 Å². The standard InChI is InChI=1S/C15H11F3O2S/c1-9(15(16,17)18)19-10-6-7-14-12(8-10)20-11-4-2-3-5-13(11)21-14/h2-9H,1H3. The van der Waals surface area contributed by atoms with Gasteiger partial charge < -0.3 is 9.47 Å². The lowest BCUT2D eigenvalue weighted by Gasteiger charge is -2.22. The SMILES string of the molecule is CC(Oc1ccc2c(c1)Oc1ccccc1S2)C(F)(F)F. The molecule has 0 saturated heterocycles. The van der Waals surface area contributed by atoms with Crippen LogP contribution in [0.2, 0.25) is 0 Å². The Morgan fingerprint density at radius 1 is 1.05 bits per heavy atom. The molecule has 21 heavy (non-hydrogen) atoms. The molecule has 2 nitrogen and oxygen atoms in total. The van der Waals surface area contributed by atoms with Crippen molar-refractivity contribution >= 4 is 11.8 Å². The number of ether oxygens (including phenoxy) is 2. The second kappa shape index (κ2) is 5.18. The Hall–Kier alpha value is -1.82. The van der Waals surface area contributed by atoms with Crippen molar-refractivity contribution in [3.63, 3.8) is 0 Å². The van der Waals surface area contributed by atoms with Crippen molar-refractivity contribution in [1.29, 1.82) is 0 Å². The van der Waals surface area contributed by atoms with Crippen molar-refractivity contribution in [3.8, 4) is 17.2 Å². The van der Waals surface area contributed by atoms with Gasteiger partial charge in [-0.05, 0) is 31.2 Å². The highest BCUT2D eigenvalue weighted by Gasteiger charge is 2.38. The minimum absolute atomic E-state index is 0.138. The molecule has 1 heterocycles. The lowest BCUT2D eigenvalue weighted by molar-refractivity contribution is -0.189. The molecule has 0 radical (unpaired) electrons. The zero-order valence-electron chi connectivity index (χ0n) is 11.0. The van der Waals surface area contributed by atoms with Gasteiger partial charge >= 0.3 is 6.18 Å². The Bertz CT molecular complexity index is 670. The largest absolute Gasteiger partial charge is 0.481 e. The highest BCUT2D eigenvalue weighted by atomic mass is 32.2. The van der Waals surface area contributed by atoms with Crippen LogP contribution < -0.4 is 9.47 Å². The van der Waals surface area contributed by atoms with Gasteiger partial charge in [0.05, 0.1) is 9.79 Å². The molecule has 3 rings (SSSR count). The molecule has 0 fully saturated rings. The fourth-order valence-electron chi connectivity index (χ4n) is 1.85. The molecular weight excluding hydrogens is 301 g/mol. The summed E-state index contributed by atoms with van der Waals surface area (Å²) in [6, 6.07) is 12.2. The monoisotopic (exact) mass is 312 g/mol. The van der Waals surface area contributed by atoms with Crippen LogP contribution >= 0.6 is 11.8 Å². The zero-order valence-corrected chi connectivity index (χ0v) is 11.8. The Morgan fingerprint density at radius 2 is 1.76 bits per heavy atom. The molecule has 1 aliphatic heterocycles. The fourth-order valence-corrected chi connectivity index (χ4v) is 2.78. The van der Waals surface area contributed by atoms with E-state index in [1.54, 1.807) is 6.07 Å². The molecule has 6 heteroatoms. The van der Waals surface area contributed by atoms with Crippen LogP contribution in [0.5, 0.6) is 17.2 Å². The number of benzene rings is 2. The lowest BCUT2D eigenvalue weighted by Crippen LogP contribution is -2.31. The predicted molar refractivity (Wildman–Crippen MR) is 73.2 cm³/mol. The summed E-state index contributed by atoms with van der Waals surface area (Å²) in [7, 11) is 0. The first kappa shape index (κ1) is 14.1. The van der Waals surface area contributed by atoms with Gasteiger partial charge in [-0.1, -0.05) is 23.9 Å². The van der Waals surface area contributed by atoms with Gasteiger partial charge in [-0.15, -0.1) is 0 Å². The zero-order chi connectivity index (χ0) is 15.0. The molecular formula is C15H11F3O2S. The summed E-state index contributed by atoms with van der Waals surface area (Å²) in [6.07, 6.45) is -6.25. The first-order valence-electron chi connectivity index (χ1n) is 6.25. The third kappa shape index (κ3) is 2.95. The number of hydrogen-bond acceptors (Lipinski definition) is 3. The topological polar surface area (TPSA) is 18.5 Å². The maximum Gasteiger partial charge on any atom is 0.425 e. The lowest BCUT2D eigenvalue weighted by atomic mass is 10.3. The molecule has 0 spiro atoms. The van der Waals surface area contributed by atoms with Gasteiger partial charge in [-0.2, -0.15) is 13.2 Å². The fraction of sp³-hybridized carbons (Fsp3) is 0.200. The first-order valence-corrected chi connectivity index (χ1v) is 7.07. The van der Waals surface area contributed by atoms with Crippen LogP contribution in [-0.4, -0.2) is 12.3 Å². The average Bonchev–Trinajstić information content (AvgIpc) is 2.44. The van der Waals surface area contributed by atoms with E-state index in [1.165, 1.54) is 23.9 Å². The minimum atomic E-state index is -4.39. The summed E-state index contributed by atoms with van der Waals surface area (Å²) in [5.41, 5.74) is 0. The van der Waals surface area contributed by atoms with Gasteiger partial charge in [0.15, 0.2) is 6.10 Å². The average molecular weight is 312 g/mol. The highest BCUT2D eigenvalue weighted by Crippen LogP contribution is 2.47. The Balaban J connectivity index is 1.84. The molecule has 110 valence electrons. The molecule has 0 aliphatic carbocycles. The summed E-state index contributed by atoms with van der Waals surface area (Å²) in [5, 5.41) is 0. The quantitative estimate of drug-likeness (QED) is 0.642. The summed E-state index contributed by atoms with van der Waals surface area (Å²) in [6.45, 7) is 0.977. The van der Waals surface area contributed by atoms with Gasteiger partial charge in [0.25, 0.3) is 0 Å². The van der Waals surface area contributed by atoms with Gasteiger partial charge in [-0.3, -0.25) is 0 Å². The Kier molecular flexibility index (Phi) is 3.49. The molecule has 0 amide bonds. The molecule has 0 N–H and O–H groups in total. The van der Waals surface area contributed by atoms with E-state index < -0.39 is 12.3 Å².